The van der Waals surface area contributed by atoms with Gasteiger partial charge in [-0.05, 0) is 18.6 Å². The molecule has 0 spiro atoms. The molecule has 1 atom stereocenters. The lowest BCUT2D eigenvalue weighted by Gasteiger charge is -2.39. The number of likely N-dealkylation sites (tertiary alicyclic amines) is 1. The normalized spacial score (nSPS) is 17.4. The van der Waals surface area contributed by atoms with Crippen LogP contribution in [0.3, 0.4) is 0 Å². The van der Waals surface area contributed by atoms with Gasteiger partial charge in [0.25, 0.3) is 5.56 Å². The third kappa shape index (κ3) is 5.60. The van der Waals surface area contributed by atoms with Crippen molar-refractivity contribution in [2.75, 3.05) is 52.4 Å². The smallest absolute Gasteiger partial charge is 0.260 e. The number of halogens is 2. The van der Waals surface area contributed by atoms with Gasteiger partial charge in [0.15, 0.2) is 0 Å². The lowest BCUT2D eigenvalue weighted by atomic mass is 10.0. The van der Waals surface area contributed by atoms with Crippen molar-refractivity contribution in [3.8, 4) is 22.6 Å². The molecule has 0 radical (unpaired) electrons. The van der Waals surface area contributed by atoms with Crippen LogP contribution in [0.5, 0.6) is 11.5 Å². The van der Waals surface area contributed by atoms with Gasteiger partial charge in [-0.3, -0.25) is 19.1 Å². The quantitative estimate of drug-likeness (QED) is 0.344. The fourth-order valence-electron chi connectivity index (χ4n) is 4.91. The lowest BCUT2D eigenvalue weighted by molar-refractivity contribution is -0.118. The average Bonchev–Trinajstić information content (AvgIpc) is 3.44. The number of rotatable bonds is 10. The molecule has 2 saturated heterocycles. The predicted molar refractivity (Wildman–Crippen MR) is 154 cm³/mol. The predicted octanol–water partition coefficient (Wildman–Crippen LogP) is 2.97. The average molecular weight is 589 g/mol. The van der Waals surface area contributed by atoms with Gasteiger partial charge in [0, 0.05) is 56.0 Å². The van der Waals surface area contributed by atoms with Crippen molar-refractivity contribution in [2.45, 2.75) is 25.0 Å². The number of fused-ring (bicyclic) bond motifs is 1. The van der Waals surface area contributed by atoms with Crippen LogP contribution in [0, 0.1) is 0 Å². The molecular weight excluding hydrogens is 559 g/mol. The van der Waals surface area contributed by atoms with Crippen LogP contribution < -0.4 is 25.7 Å². The topological polar surface area (TPSA) is 120 Å². The summed E-state index contributed by atoms with van der Waals surface area (Å²) in [6.45, 7) is 6.97. The van der Waals surface area contributed by atoms with Crippen molar-refractivity contribution in [3.05, 3.63) is 51.4 Å². The summed E-state index contributed by atoms with van der Waals surface area (Å²) in [7, 11) is 2.96. The molecule has 1 amide bonds. The fourth-order valence-corrected chi connectivity index (χ4v) is 5.62. The molecule has 0 saturated carbocycles. The second-order valence-corrected chi connectivity index (χ2v) is 10.4. The number of aromatic nitrogens is 3. The van der Waals surface area contributed by atoms with Crippen molar-refractivity contribution in [3.63, 3.8) is 0 Å². The summed E-state index contributed by atoms with van der Waals surface area (Å²) >= 11 is 13.4. The molecule has 13 heteroatoms. The van der Waals surface area contributed by atoms with Gasteiger partial charge in [0.05, 0.1) is 48.5 Å². The Morgan fingerprint density at radius 2 is 1.90 bits per heavy atom. The second kappa shape index (κ2) is 12.0. The molecule has 2 aliphatic heterocycles. The Kier molecular flexibility index (Phi) is 8.46. The number of hydrogen-bond donors (Lipinski definition) is 2. The maximum absolute atomic E-state index is 14.1. The van der Waals surface area contributed by atoms with Crippen LogP contribution in [-0.2, 0) is 16.1 Å². The maximum atomic E-state index is 14.1. The third-order valence-electron chi connectivity index (χ3n) is 7.06. The molecule has 5 rings (SSSR count). The van der Waals surface area contributed by atoms with Gasteiger partial charge in [0.1, 0.15) is 17.1 Å². The Hall–Kier alpha value is -3.38. The molecule has 0 aliphatic carbocycles. The van der Waals surface area contributed by atoms with Crippen LogP contribution >= 0.6 is 23.2 Å². The van der Waals surface area contributed by atoms with Crippen LogP contribution in [0.15, 0.2) is 35.8 Å². The second-order valence-electron chi connectivity index (χ2n) is 9.65. The standard InChI is InChI=1S/C27H30Cl2N6O5/c1-4-21(36)31-17-12-34(13-17)6-7-35-25-15(11-30-27(33-25)32-16-5-8-40-14-16)9-18(26(35)37)22-23(28)19(38-2)10-20(39-3)24(22)29/h4,9-11,16-17H,1,5-8,12-14H2,2-3H3,(H,31,36)(H,30,32,33). The van der Waals surface area contributed by atoms with E-state index < -0.39 is 0 Å². The van der Waals surface area contributed by atoms with E-state index >= 15 is 0 Å². The number of ether oxygens (including phenoxy) is 3. The minimum absolute atomic E-state index is 0.0407. The van der Waals surface area contributed by atoms with E-state index in [2.05, 4.69) is 27.1 Å². The highest BCUT2D eigenvalue weighted by Gasteiger charge is 2.28. The molecule has 2 aromatic heterocycles. The Bertz CT molecular complexity index is 1470. The minimum atomic E-state index is -0.322. The van der Waals surface area contributed by atoms with E-state index in [9.17, 15) is 9.59 Å². The summed E-state index contributed by atoms with van der Waals surface area (Å²) in [5.41, 5.74) is 0.733. The van der Waals surface area contributed by atoms with E-state index in [1.165, 1.54) is 20.3 Å². The Balaban J connectivity index is 1.55. The number of anilines is 1. The number of methoxy groups -OCH3 is 2. The van der Waals surface area contributed by atoms with Crippen LogP contribution in [0.2, 0.25) is 10.0 Å². The van der Waals surface area contributed by atoms with Crippen LogP contribution in [-0.4, -0.2) is 84.5 Å². The van der Waals surface area contributed by atoms with Gasteiger partial charge in [-0.15, -0.1) is 0 Å². The molecule has 2 N–H and O–H groups in total. The van der Waals surface area contributed by atoms with Gasteiger partial charge in [-0.25, -0.2) is 4.98 Å². The first-order chi connectivity index (χ1) is 19.3. The number of hydrogen-bond acceptors (Lipinski definition) is 9. The number of benzene rings is 1. The maximum Gasteiger partial charge on any atom is 0.260 e. The SMILES string of the molecule is C=CC(=O)NC1CN(CCn2c(=O)c(-c3c(Cl)c(OC)cc(OC)c3Cl)cc3cnc(NC4CCOC4)nc32)C1. The Morgan fingerprint density at radius 1 is 1.18 bits per heavy atom. The van der Waals surface area contributed by atoms with Crippen molar-refractivity contribution in [1.29, 1.82) is 0 Å². The van der Waals surface area contributed by atoms with Gasteiger partial charge < -0.3 is 24.8 Å². The minimum Gasteiger partial charge on any atom is -0.495 e. The number of carbonyl (C=O) groups is 1. The fraction of sp³-hybridized carbons (Fsp3) is 0.407. The van der Waals surface area contributed by atoms with Gasteiger partial charge in [0.2, 0.25) is 11.9 Å². The van der Waals surface area contributed by atoms with E-state index in [1.807, 2.05) is 0 Å². The van der Waals surface area contributed by atoms with Crippen molar-refractivity contribution in [2.24, 2.45) is 0 Å². The van der Waals surface area contributed by atoms with Gasteiger partial charge >= 0.3 is 0 Å². The van der Waals surface area contributed by atoms with Crippen LogP contribution in [0.25, 0.3) is 22.2 Å². The summed E-state index contributed by atoms with van der Waals surface area (Å²) < 4.78 is 17.9. The van der Waals surface area contributed by atoms with E-state index in [4.69, 9.17) is 42.4 Å². The highest BCUT2D eigenvalue weighted by molar-refractivity contribution is 6.41. The first-order valence-electron chi connectivity index (χ1n) is 12.8. The zero-order chi connectivity index (χ0) is 28.4. The molecular formula is C27H30Cl2N6O5. The molecule has 11 nitrogen and oxygen atoms in total. The lowest BCUT2D eigenvalue weighted by Crippen LogP contribution is -2.59. The monoisotopic (exact) mass is 588 g/mol. The number of nitrogens with one attached hydrogen (secondary N) is 2. The van der Waals surface area contributed by atoms with Crippen LogP contribution in [0.1, 0.15) is 6.42 Å². The molecule has 1 unspecified atom stereocenters. The molecule has 2 fully saturated rings. The van der Waals surface area contributed by atoms with Gasteiger partial charge in [-0.2, -0.15) is 4.98 Å². The summed E-state index contributed by atoms with van der Waals surface area (Å²) in [5.74, 6) is 0.865. The molecule has 40 heavy (non-hydrogen) atoms. The third-order valence-corrected chi connectivity index (χ3v) is 7.81. The number of pyridine rings is 1. The molecule has 212 valence electrons. The first-order valence-corrected chi connectivity index (χ1v) is 13.6. The van der Waals surface area contributed by atoms with Crippen molar-refractivity contribution < 1.29 is 19.0 Å². The van der Waals surface area contributed by atoms with Crippen molar-refractivity contribution >= 4 is 46.1 Å². The summed E-state index contributed by atoms with van der Waals surface area (Å²) in [6.07, 6.45) is 3.77. The molecule has 4 heterocycles. The molecule has 3 aromatic rings. The van der Waals surface area contributed by atoms with E-state index in [0.29, 0.717) is 73.4 Å². The summed E-state index contributed by atoms with van der Waals surface area (Å²) in [6, 6.07) is 3.40. The first kappa shape index (κ1) is 28.2. The van der Waals surface area contributed by atoms with Crippen molar-refractivity contribution in [1.82, 2.24) is 24.8 Å². The Labute approximate surface area is 241 Å². The molecule has 0 bridgehead atoms. The summed E-state index contributed by atoms with van der Waals surface area (Å²) in [5, 5.41) is 7.20. The van der Waals surface area contributed by atoms with Crippen LogP contribution in [0.4, 0.5) is 5.95 Å². The molecule has 1 aromatic carbocycles. The molecule has 2 aliphatic rings. The largest absolute Gasteiger partial charge is 0.495 e. The zero-order valence-electron chi connectivity index (χ0n) is 22.2. The van der Waals surface area contributed by atoms with E-state index in [0.717, 1.165) is 6.42 Å². The number of nitrogens with zero attached hydrogens (tertiary/aromatic N) is 4. The zero-order valence-corrected chi connectivity index (χ0v) is 23.7. The number of amides is 1. The summed E-state index contributed by atoms with van der Waals surface area (Å²) in [4.78, 5) is 37.0. The van der Waals surface area contributed by atoms with E-state index in [1.54, 1.807) is 22.9 Å². The highest BCUT2D eigenvalue weighted by atomic mass is 35.5. The Morgan fingerprint density at radius 3 is 2.52 bits per heavy atom. The highest BCUT2D eigenvalue weighted by Crippen LogP contribution is 2.45. The van der Waals surface area contributed by atoms with Gasteiger partial charge in [-0.1, -0.05) is 29.8 Å². The number of carbonyl (C=O) groups excluding carboxylic acids is 1. The van der Waals surface area contributed by atoms with E-state index in [-0.39, 0.29) is 39.2 Å².